The van der Waals surface area contributed by atoms with Crippen molar-refractivity contribution in [1.82, 2.24) is 20.2 Å². The van der Waals surface area contributed by atoms with Gasteiger partial charge in [0.1, 0.15) is 5.69 Å². The van der Waals surface area contributed by atoms with Gasteiger partial charge in [0.15, 0.2) is 0 Å². The van der Waals surface area contributed by atoms with E-state index in [-0.39, 0.29) is 6.61 Å². The maximum Gasteiger partial charge on any atom is 0.268 e. The van der Waals surface area contributed by atoms with Crippen LogP contribution in [0.4, 0.5) is 0 Å². The minimum absolute atomic E-state index is 0.0687. The highest BCUT2D eigenvalue weighted by Gasteiger charge is 2.14. The molecule has 6 heteroatoms. The minimum Gasteiger partial charge on any atom is -0.415 e. The lowest BCUT2D eigenvalue weighted by atomic mass is 10.1. The number of rotatable bonds is 4. The van der Waals surface area contributed by atoms with Gasteiger partial charge in [-0.1, -0.05) is 42.5 Å². The molecule has 0 radical (unpaired) electrons. The van der Waals surface area contributed by atoms with E-state index < -0.39 is 0 Å². The summed E-state index contributed by atoms with van der Waals surface area (Å²) >= 11 is 0. The van der Waals surface area contributed by atoms with Crippen molar-refractivity contribution in [1.29, 1.82) is 0 Å². The van der Waals surface area contributed by atoms with E-state index in [1.807, 2.05) is 54.6 Å². The van der Waals surface area contributed by atoms with Gasteiger partial charge in [0.25, 0.3) is 5.89 Å². The number of aliphatic hydroxyl groups is 1. The van der Waals surface area contributed by atoms with Crippen LogP contribution in [-0.4, -0.2) is 25.3 Å². The normalized spacial score (nSPS) is 10.8. The summed E-state index contributed by atoms with van der Waals surface area (Å²) in [7, 11) is 0. The second kappa shape index (κ2) is 6.62. The first-order chi connectivity index (χ1) is 12.3. The Morgan fingerprint density at radius 3 is 2.36 bits per heavy atom. The molecule has 0 fully saturated rings. The molecule has 1 N–H and O–H groups in total. The average Bonchev–Trinajstić information content (AvgIpc) is 3.19. The summed E-state index contributed by atoms with van der Waals surface area (Å²) in [6, 6.07) is 17.0. The number of benzene rings is 2. The van der Waals surface area contributed by atoms with Crippen LogP contribution in [0.15, 0.2) is 71.4 Å². The summed E-state index contributed by atoms with van der Waals surface area (Å²) in [5.74, 6) is 0.730. The van der Waals surface area contributed by atoms with Gasteiger partial charge in [-0.05, 0) is 17.7 Å². The summed E-state index contributed by atoms with van der Waals surface area (Å²) in [5, 5.41) is 17.7. The molecule has 2 aromatic carbocycles. The molecule has 0 aliphatic carbocycles. The van der Waals surface area contributed by atoms with Crippen molar-refractivity contribution >= 4 is 0 Å². The van der Waals surface area contributed by atoms with Crippen molar-refractivity contribution in [2.75, 3.05) is 0 Å². The SMILES string of the molecule is OCc1ccccc1-c1cncc(-c2nnc(-c3ccccc3)o2)n1. The van der Waals surface area contributed by atoms with Gasteiger partial charge in [0.2, 0.25) is 5.89 Å². The molecular weight excluding hydrogens is 316 g/mol. The molecule has 2 aromatic heterocycles. The first-order valence-electron chi connectivity index (χ1n) is 7.75. The number of aromatic nitrogens is 4. The van der Waals surface area contributed by atoms with Crippen LogP contribution in [0, 0.1) is 0 Å². The van der Waals surface area contributed by atoms with Gasteiger partial charge in [0.05, 0.1) is 24.7 Å². The molecule has 0 saturated carbocycles. The molecule has 4 aromatic rings. The molecule has 6 nitrogen and oxygen atoms in total. The molecule has 0 amide bonds. The fourth-order valence-corrected chi connectivity index (χ4v) is 2.53. The first kappa shape index (κ1) is 15.2. The number of hydrogen-bond acceptors (Lipinski definition) is 6. The predicted octanol–water partition coefficient (Wildman–Crippen LogP) is 3.35. The van der Waals surface area contributed by atoms with E-state index in [2.05, 4.69) is 20.2 Å². The molecule has 0 bridgehead atoms. The zero-order valence-electron chi connectivity index (χ0n) is 13.2. The number of aliphatic hydroxyl groups excluding tert-OH is 1. The van der Waals surface area contributed by atoms with Crippen LogP contribution in [0.2, 0.25) is 0 Å². The summed E-state index contributed by atoms with van der Waals surface area (Å²) < 4.78 is 5.73. The third kappa shape index (κ3) is 3.02. The molecule has 25 heavy (non-hydrogen) atoms. The molecule has 2 heterocycles. The Balaban J connectivity index is 1.72. The second-order valence-electron chi connectivity index (χ2n) is 5.38. The lowest BCUT2D eigenvalue weighted by molar-refractivity contribution is 0.282. The fourth-order valence-electron chi connectivity index (χ4n) is 2.53. The third-order valence-electron chi connectivity index (χ3n) is 3.76. The lowest BCUT2D eigenvalue weighted by Crippen LogP contribution is -1.94. The summed E-state index contributed by atoms with van der Waals surface area (Å²) in [6.07, 6.45) is 3.22. The lowest BCUT2D eigenvalue weighted by Gasteiger charge is -2.06. The third-order valence-corrected chi connectivity index (χ3v) is 3.76. The maximum atomic E-state index is 9.51. The Kier molecular flexibility index (Phi) is 4.02. The standard InChI is InChI=1S/C19H14N4O2/c24-12-14-8-4-5-9-15(14)16-10-20-11-17(21-16)19-23-22-18(25-19)13-6-2-1-3-7-13/h1-11,24H,12H2. The highest BCUT2D eigenvalue weighted by molar-refractivity contribution is 5.65. The average molecular weight is 330 g/mol. The minimum atomic E-state index is -0.0687. The highest BCUT2D eigenvalue weighted by atomic mass is 16.4. The van der Waals surface area contributed by atoms with E-state index in [0.717, 1.165) is 16.7 Å². The van der Waals surface area contributed by atoms with Gasteiger partial charge >= 0.3 is 0 Å². The van der Waals surface area contributed by atoms with Crippen LogP contribution in [0.1, 0.15) is 5.56 Å². The number of nitrogens with zero attached hydrogens (tertiary/aromatic N) is 4. The Hall–Kier alpha value is -3.38. The molecule has 122 valence electrons. The van der Waals surface area contributed by atoms with Crippen LogP contribution < -0.4 is 0 Å². The molecule has 0 spiro atoms. The Morgan fingerprint density at radius 2 is 1.52 bits per heavy atom. The molecule has 0 aliphatic heterocycles. The van der Waals surface area contributed by atoms with Gasteiger partial charge in [-0.2, -0.15) is 0 Å². The highest BCUT2D eigenvalue weighted by Crippen LogP contribution is 2.26. The van der Waals surface area contributed by atoms with Crippen molar-refractivity contribution in [2.45, 2.75) is 6.61 Å². The molecule has 0 atom stereocenters. The Labute approximate surface area is 143 Å². The van der Waals surface area contributed by atoms with Gasteiger partial charge < -0.3 is 9.52 Å². The summed E-state index contributed by atoms with van der Waals surface area (Å²) in [5.41, 5.74) is 3.57. The van der Waals surface area contributed by atoms with Crippen LogP contribution in [0.25, 0.3) is 34.3 Å². The predicted molar refractivity (Wildman–Crippen MR) is 92.1 cm³/mol. The van der Waals surface area contributed by atoms with Crippen LogP contribution in [0.3, 0.4) is 0 Å². The second-order valence-corrected chi connectivity index (χ2v) is 5.38. The quantitative estimate of drug-likeness (QED) is 0.617. The monoisotopic (exact) mass is 330 g/mol. The first-order valence-corrected chi connectivity index (χ1v) is 7.75. The Morgan fingerprint density at radius 1 is 0.800 bits per heavy atom. The van der Waals surface area contributed by atoms with Crippen molar-refractivity contribution in [3.8, 4) is 34.3 Å². The van der Waals surface area contributed by atoms with E-state index >= 15 is 0 Å². The van der Waals surface area contributed by atoms with Crippen LogP contribution in [0.5, 0.6) is 0 Å². The van der Waals surface area contributed by atoms with Crippen molar-refractivity contribution < 1.29 is 9.52 Å². The van der Waals surface area contributed by atoms with E-state index in [4.69, 9.17) is 4.42 Å². The molecule has 0 unspecified atom stereocenters. The molecule has 0 saturated heterocycles. The van der Waals surface area contributed by atoms with E-state index in [1.54, 1.807) is 12.4 Å². The number of hydrogen-bond donors (Lipinski definition) is 1. The fraction of sp³-hybridized carbons (Fsp3) is 0.0526. The van der Waals surface area contributed by atoms with Gasteiger partial charge in [-0.3, -0.25) is 4.98 Å². The van der Waals surface area contributed by atoms with Crippen molar-refractivity contribution in [2.24, 2.45) is 0 Å². The van der Waals surface area contributed by atoms with Gasteiger partial charge in [0, 0.05) is 11.1 Å². The molecular formula is C19H14N4O2. The maximum absolute atomic E-state index is 9.51. The molecule has 4 rings (SSSR count). The largest absolute Gasteiger partial charge is 0.415 e. The summed E-state index contributed by atoms with van der Waals surface area (Å²) in [4.78, 5) is 8.78. The van der Waals surface area contributed by atoms with Gasteiger partial charge in [-0.15, -0.1) is 10.2 Å². The van der Waals surface area contributed by atoms with E-state index in [9.17, 15) is 5.11 Å². The van der Waals surface area contributed by atoms with Crippen LogP contribution in [-0.2, 0) is 6.61 Å². The zero-order valence-corrected chi connectivity index (χ0v) is 13.2. The summed E-state index contributed by atoms with van der Waals surface area (Å²) in [6.45, 7) is -0.0687. The van der Waals surface area contributed by atoms with Crippen molar-refractivity contribution in [3.05, 3.63) is 72.6 Å². The molecule has 0 aliphatic rings. The smallest absolute Gasteiger partial charge is 0.268 e. The Bertz CT molecular complexity index is 999. The van der Waals surface area contributed by atoms with Crippen molar-refractivity contribution in [3.63, 3.8) is 0 Å². The zero-order chi connectivity index (χ0) is 17.1. The van der Waals surface area contributed by atoms with E-state index in [1.165, 1.54) is 0 Å². The van der Waals surface area contributed by atoms with E-state index in [0.29, 0.717) is 23.2 Å². The topological polar surface area (TPSA) is 84.9 Å². The van der Waals surface area contributed by atoms with Crippen LogP contribution >= 0.6 is 0 Å². The van der Waals surface area contributed by atoms with Gasteiger partial charge in [-0.25, -0.2) is 4.98 Å².